The molecule has 5 nitrogen and oxygen atoms in total. The molecule has 94 valence electrons. The van der Waals surface area contributed by atoms with Crippen LogP contribution in [0.2, 0.25) is 0 Å². The summed E-state index contributed by atoms with van der Waals surface area (Å²) in [4.78, 5) is 8.84. The third kappa shape index (κ3) is 2.85. The molecular weight excluding hydrogens is 214 g/mol. The van der Waals surface area contributed by atoms with E-state index in [0.29, 0.717) is 0 Å². The summed E-state index contributed by atoms with van der Waals surface area (Å²) >= 11 is 0. The second kappa shape index (κ2) is 5.31. The quantitative estimate of drug-likeness (QED) is 0.838. The Morgan fingerprint density at radius 2 is 1.65 bits per heavy atom. The summed E-state index contributed by atoms with van der Waals surface area (Å²) in [5, 5.41) is 5.35. The van der Waals surface area contributed by atoms with E-state index in [1.807, 2.05) is 20.9 Å². The number of nitrogens with one attached hydrogen (secondary N) is 2. The maximum Gasteiger partial charge on any atom is 0.149 e. The number of aryl methyl sites for hydroxylation is 1. The number of aromatic nitrogens is 2. The molecule has 1 aromatic rings. The van der Waals surface area contributed by atoms with Gasteiger partial charge in [-0.05, 0) is 26.7 Å². The van der Waals surface area contributed by atoms with E-state index in [-0.39, 0.29) is 0 Å². The van der Waals surface area contributed by atoms with Crippen LogP contribution in [0, 0.1) is 13.8 Å². The third-order valence-corrected chi connectivity index (χ3v) is 3.11. The van der Waals surface area contributed by atoms with Gasteiger partial charge < -0.3 is 10.7 Å². The van der Waals surface area contributed by atoms with E-state index in [1.54, 1.807) is 0 Å². The lowest BCUT2D eigenvalue weighted by Gasteiger charge is -2.28. The van der Waals surface area contributed by atoms with Crippen LogP contribution in [-0.2, 0) is 0 Å². The highest BCUT2D eigenvalue weighted by Gasteiger charge is 2.13. The van der Waals surface area contributed by atoms with Gasteiger partial charge in [0, 0.05) is 25.7 Å². The summed E-state index contributed by atoms with van der Waals surface area (Å²) in [5.41, 5.74) is 4.48. The molecule has 2 N–H and O–H groups in total. The molecule has 0 amide bonds. The summed E-state index contributed by atoms with van der Waals surface area (Å²) in [5.74, 6) is 2.61. The van der Waals surface area contributed by atoms with Gasteiger partial charge in [-0.15, -0.1) is 0 Å². The number of hydrogen-bond acceptors (Lipinski definition) is 5. The molecule has 17 heavy (non-hydrogen) atoms. The Morgan fingerprint density at radius 1 is 1.00 bits per heavy atom. The van der Waals surface area contributed by atoms with Crippen molar-refractivity contribution in [1.82, 2.24) is 15.0 Å². The third-order valence-electron chi connectivity index (χ3n) is 3.11. The molecule has 1 aliphatic rings. The Labute approximate surface area is 103 Å². The summed E-state index contributed by atoms with van der Waals surface area (Å²) in [6.45, 7) is 6.15. The minimum absolute atomic E-state index is 0.791. The van der Waals surface area contributed by atoms with Gasteiger partial charge in [-0.2, -0.15) is 0 Å². The Hall–Kier alpha value is -1.36. The lowest BCUT2D eigenvalue weighted by molar-refractivity contribution is 0.272. The predicted molar refractivity (Wildman–Crippen MR) is 70.1 cm³/mol. The highest BCUT2D eigenvalue weighted by Crippen LogP contribution is 2.20. The van der Waals surface area contributed by atoms with Crippen molar-refractivity contribution in [1.29, 1.82) is 0 Å². The van der Waals surface area contributed by atoms with E-state index < -0.39 is 0 Å². The van der Waals surface area contributed by atoms with Crippen molar-refractivity contribution in [2.45, 2.75) is 33.1 Å². The number of rotatable bonds is 3. The van der Waals surface area contributed by atoms with Gasteiger partial charge in [-0.3, -0.25) is 0 Å². The fourth-order valence-electron chi connectivity index (χ4n) is 2.14. The molecule has 2 heterocycles. The maximum atomic E-state index is 4.47. The SMILES string of the molecule is CNc1nc(C)nc(NN2CCCCC2)c1C. The average molecular weight is 235 g/mol. The molecule has 1 saturated heterocycles. The number of hydrazine groups is 1. The fourth-order valence-corrected chi connectivity index (χ4v) is 2.14. The van der Waals surface area contributed by atoms with Crippen LogP contribution in [0.4, 0.5) is 11.6 Å². The van der Waals surface area contributed by atoms with Gasteiger partial charge in [0.25, 0.3) is 0 Å². The first-order valence-electron chi connectivity index (χ1n) is 6.25. The highest BCUT2D eigenvalue weighted by atomic mass is 15.5. The molecule has 5 heteroatoms. The van der Waals surface area contributed by atoms with Gasteiger partial charge in [0.2, 0.25) is 0 Å². The van der Waals surface area contributed by atoms with Crippen LogP contribution >= 0.6 is 0 Å². The largest absolute Gasteiger partial charge is 0.373 e. The Balaban J connectivity index is 2.16. The van der Waals surface area contributed by atoms with Gasteiger partial charge in [0.05, 0.1) is 0 Å². The minimum atomic E-state index is 0.791. The van der Waals surface area contributed by atoms with Crippen molar-refractivity contribution in [2.24, 2.45) is 0 Å². The van der Waals surface area contributed by atoms with Gasteiger partial charge in [-0.25, -0.2) is 15.0 Å². The molecule has 0 saturated carbocycles. The Kier molecular flexibility index (Phi) is 3.78. The normalized spacial score (nSPS) is 16.9. The summed E-state index contributed by atoms with van der Waals surface area (Å²) < 4.78 is 0. The van der Waals surface area contributed by atoms with Crippen molar-refractivity contribution < 1.29 is 0 Å². The lowest BCUT2D eigenvalue weighted by Crippen LogP contribution is -2.35. The average Bonchev–Trinajstić information content (AvgIpc) is 2.34. The first-order valence-corrected chi connectivity index (χ1v) is 6.25. The van der Waals surface area contributed by atoms with E-state index in [4.69, 9.17) is 0 Å². The number of hydrogen-bond donors (Lipinski definition) is 2. The molecule has 0 aromatic carbocycles. The standard InChI is InChI=1S/C12H21N5/c1-9-11(13-3)14-10(2)15-12(9)16-17-7-5-4-6-8-17/h4-8H2,1-3H3,(H2,13,14,15,16). The molecule has 1 aromatic heterocycles. The number of nitrogens with zero attached hydrogens (tertiary/aromatic N) is 3. The van der Waals surface area contributed by atoms with Crippen LogP contribution in [0.3, 0.4) is 0 Å². The van der Waals surface area contributed by atoms with Crippen LogP contribution in [0.15, 0.2) is 0 Å². The smallest absolute Gasteiger partial charge is 0.149 e. The second-order valence-corrected chi connectivity index (χ2v) is 4.50. The number of piperidine rings is 1. The predicted octanol–water partition coefficient (Wildman–Crippen LogP) is 1.95. The monoisotopic (exact) mass is 235 g/mol. The summed E-state index contributed by atoms with van der Waals surface area (Å²) in [7, 11) is 1.89. The molecule has 0 unspecified atom stereocenters. The van der Waals surface area contributed by atoms with Gasteiger partial charge >= 0.3 is 0 Å². The molecular formula is C12H21N5. The summed E-state index contributed by atoms with van der Waals surface area (Å²) in [6.07, 6.45) is 3.85. The summed E-state index contributed by atoms with van der Waals surface area (Å²) in [6, 6.07) is 0. The first kappa shape index (κ1) is 12.1. The first-order chi connectivity index (χ1) is 8.20. The van der Waals surface area contributed by atoms with Crippen molar-refractivity contribution in [3.63, 3.8) is 0 Å². The van der Waals surface area contributed by atoms with Gasteiger partial charge in [0.15, 0.2) is 0 Å². The zero-order chi connectivity index (χ0) is 12.3. The lowest BCUT2D eigenvalue weighted by atomic mass is 10.2. The Bertz CT molecular complexity index is 385. The highest BCUT2D eigenvalue weighted by molar-refractivity contribution is 5.56. The zero-order valence-corrected chi connectivity index (χ0v) is 10.9. The van der Waals surface area contributed by atoms with E-state index in [1.165, 1.54) is 19.3 Å². The van der Waals surface area contributed by atoms with Crippen LogP contribution in [0.25, 0.3) is 0 Å². The maximum absolute atomic E-state index is 4.47. The second-order valence-electron chi connectivity index (χ2n) is 4.50. The Morgan fingerprint density at radius 3 is 2.29 bits per heavy atom. The van der Waals surface area contributed by atoms with E-state index in [0.717, 1.165) is 36.1 Å². The molecule has 0 aliphatic carbocycles. The topological polar surface area (TPSA) is 53.1 Å². The van der Waals surface area contributed by atoms with Crippen molar-refractivity contribution in [2.75, 3.05) is 30.9 Å². The molecule has 0 spiro atoms. The van der Waals surface area contributed by atoms with E-state index in [2.05, 4.69) is 25.7 Å². The molecule has 2 rings (SSSR count). The van der Waals surface area contributed by atoms with Crippen LogP contribution in [-0.4, -0.2) is 35.1 Å². The van der Waals surface area contributed by atoms with Crippen LogP contribution < -0.4 is 10.7 Å². The van der Waals surface area contributed by atoms with Crippen LogP contribution in [0.1, 0.15) is 30.7 Å². The van der Waals surface area contributed by atoms with Crippen molar-refractivity contribution >= 4 is 11.6 Å². The van der Waals surface area contributed by atoms with E-state index in [9.17, 15) is 0 Å². The van der Waals surface area contributed by atoms with Crippen molar-refractivity contribution in [3.05, 3.63) is 11.4 Å². The zero-order valence-electron chi connectivity index (χ0n) is 10.9. The fraction of sp³-hybridized carbons (Fsp3) is 0.667. The van der Waals surface area contributed by atoms with Crippen molar-refractivity contribution in [3.8, 4) is 0 Å². The number of anilines is 2. The van der Waals surface area contributed by atoms with E-state index >= 15 is 0 Å². The molecule has 0 radical (unpaired) electrons. The molecule has 0 atom stereocenters. The molecule has 1 aliphatic heterocycles. The van der Waals surface area contributed by atoms with Crippen LogP contribution in [0.5, 0.6) is 0 Å². The van der Waals surface area contributed by atoms with Gasteiger partial charge in [-0.1, -0.05) is 6.42 Å². The minimum Gasteiger partial charge on any atom is -0.373 e. The molecule has 1 fully saturated rings. The molecule has 0 bridgehead atoms. The van der Waals surface area contributed by atoms with Gasteiger partial charge in [0.1, 0.15) is 17.5 Å².